The molecular weight excluding hydrogens is 390 g/mol. The first-order valence-corrected chi connectivity index (χ1v) is 9.47. The van der Waals surface area contributed by atoms with Crippen LogP contribution in [-0.4, -0.2) is 21.7 Å². The van der Waals surface area contributed by atoms with Gasteiger partial charge in [0.1, 0.15) is 11.5 Å². The fourth-order valence-electron chi connectivity index (χ4n) is 3.59. The second-order valence-corrected chi connectivity index (χ2v) is 7.31. The minimum atomic E-state index is -0.725. The lowest BCUT2D eigenvalue weighted by molar-refractivity contribution is -0.140. The number of aliphatic hydroxyl groups excluding tert-OH is 1. The molecule has 4 rings (SSSR count). The van der Waals surface area contributed by atoms with E-state index in [2.05, 4.69) is 0 Å². The molecule has 0 bridgehead atoms. The van der Waals surface area contributed by atoms with Crippen molar-refractivity contribution in [2.75, 3.05) is 0 Å². The van der Waals surface area contributed by atoms with E-state index in [1.165, 1.54) is 11.2 Å². The van der Waals surface area contributed by atoms with Crippen LogP contribution >= 0.6 is 11.6 Å². The van der Waals surface area contributed by atoms with Gasteiger partial charge in [-0.05, 0) is 54.4 Å². The third-order valence-corrected chi connectivity index (χ3v) is 5.30. The topological polar surface area (TPSA) is 70.8 Å². The van der Waals surface area contributed by atoms with Gasteiger partial charge >= 0.3 is 0 Å². The van der Waals surface area contributed by atoms with Gasteiger partial charge in [-0.25, -0.2) is 0 Å². The number of aryl methyl sites for hydroxylation is 1. The summed E-state index contributed by atoms with van der Waals surface area (Å²) in [6.07, 6.45) is 1.52. The van der Waals surface area contributed by atoms with E-state index >= 15 is 0 Å². The number of nitrogens with zero attached hydrogens (tertiary/aromatic N) is 1. The number of rotatable bonds is 4. The Bertz CT molecular complexity index is 1100. The van der Waals surface area contributed by atoms with Crippen molar-refractivity contribution in [3.63, 3.8) is 0 Å². The lowest BCUT2D eigenvalue weighted by Crippen LogP contribution is -2.29. The molecule has 1 unspecified atom stereocenters. The van der Waals surface area contributed by atoms with Gasteiger partial charge in [0.05, 0.1) is 24.4 Å². The predicted octanol–water partition coefficient (Wildman–Crippen LogP) is 4.86. The molecule has 1 aromatic heterocycles. The summed E-state index contributed by atoms with van der Waals surface area (Å²) in [4.78, 5) is 27.3. The standard InChI is InChI=1S/C23H18ClNO4/c1-14-5-2-3-7-18(14)20-19(21(26)15-8-10-16(24)11-9-15)22(27)23(28)25(20)13-17-6-4-12-29-17/h2-12,20,26H,13H2,1H3/b21-19-. The number of carbonyl (C=O) groups is 2. The van der Waals surface area contributed by atoms with E-state index in [0.717, 1.165) is 11.1 Å². The summed E-state index contributed by atoms with van der Waals surface area (Å²) in [6, 6.07) is 16.7. The molecule has 1 aliphatic rings. The molecule has 0 aliphatic carbocycles. The molecular formula is C23H18ClNO4. The maximum Gasteiger partial charge on any atom is 0.296 e. The quantitative estimate of drug-likeness (QED) is 0.381. The molecule has 1 N–H and O–H groups in total. The molecule has 0 saturated carbocycles. The molecule has 0 radical (unpaired) electrons. The van der Waals surface area contributed by atoms with Crippen LogP contribution in [0.3, 0.4) is 0 Å². The van der Waals surface area contributed by atoms with Crippen molar-refractivity contribution >= 4 is 29.1 Å². The van der Waals surface area contributed by atoms with Gasteiger partial charge in [0.15, 0.2) is 0 Å². The number of hydrogen-bond acceptors (Lipinski definition) is 4. The number of carbonyl (C=O) groups excluding carboxylic acids is 2. The first kappa shape index (κ1) is 19.0. The fraction of sp³-hybridized carbons (Fsp3) is 0.130. The highest BCUT2D eigenvalue weighted by atomic mass is 35.5. The van der Waals surface area contributed by atoms with Crippen LogP contribution in [0.5, 0.6) is 0 Å². The minimum Gasteiger partial charge on any atom is -0.507 e. The summed E-state index contributed by atoms with van der Waals surface area (Å²) in [5.41, 5.74) is 2.15. The zero-order chi connectivity index (χ0) is 20.5. The lowest BCUT2D eigenvalue weighted by Gasteiger charge is -2.25. The highest BCUT2D eigenvalue weighted by Crippen LogP contribution is 2.41. The van der Waals surface area contributed by atoms with Gasteiger partial charge in [0, 0.05) is 10.6 Å². The third-order valence-electron chi connectivity index (χ3n) is 5.05. The van der Waals surface area contributed by atoms with Crippen molar-refractivity contribution < 1.29 is 19.1 Å². The van der Waals surface area contributed by atoms with E-state index in [1.807, 2.05) is 31.2 Å². The van der Waals surface area contributed by atoms with Crippen molar-refractivity contribution in [3.05, 3.63) is 100.0 Å². The number of amides is 1. The molecule has 29 heavy (non-hydrogen) atoms. The summed E-state index contributed by atoms with van der Waals surface area (Å²) >= 11 is 5.94. The average Bonchev–Trinajstić information content (AvgIpc) is 3.31. The van der Waals surface area contributed by atoms with E-state index in [0.29, 0.717) is 16.3 Å². The lowest BCUT2D eigenvalue weighted by atomic mass is 9.92. The molecule has 1 amide bonds. The van der Waals surface area contributed by atoms with Crippen LogP contribution < -0.4 is 0 Å². The highest BCUT2D eigenvalue weighted by Gasteiger charge is 2.46. The maximum absolute atomic E-state index is 13.0. The smallest absolute Gasteiger partial charge is 0.296 e. The van der Waals surface area contributed by atoms with Gasteiger partial charge in [-0.1, -0.05) is 35.9 Å². The Morgan fingerprint density at radius 2 is 1.79 bits per heavy atom. The Labute approximate surface area is 172 Å². The van der Waals surface area contributed by atoms with E-state index in [4.69, 9.17) is 16.0 Å². The van der Waals surface area contributed by atoms with Gasteiger partial charge in [-0.2, -0.15) is 0 Å². The number of furan rings is 1. The Hall–Kier alpha value is -3.31. The molecule has 1 fully saturated rings. The number of Topliss-reactive ketones (excluding diaryl/α,β-unsaturated/α-hetero) is 1. The summed E-state index contributed by atoms with van der Waals surface area (Å²) in [7, 11) is 0. The highest BCUT2D eigenvalue weighted by molar-refractivity contribution is 6.46. The predicted molar refractivity (Wildman–Crippen MR) is 109 cm³/mol. The zero-order valence-electron chi connectivity index (χ0n) is 15.6. The Kier molecular flexibility index (Phi) is 4.99. The number of hydrogen-bond donors (Lipinski definition) is 1. The third kappa shape index (κ3) is 3.45. The van der Waals surface area contributed by atoms with Crippen molar-refractivity contribution in [2.24, 2.45) is 0 Å². The molecule has 2 aromatic carbocycles. The van der Waals surface area contributed by atoms with E-state index < -0.39 is 17.7 Å². The molecule has 2 heterocycles. The molecule has 5 nitrogen and oxygen atoms in total. The Morgan fingerprint density at radius 1 is 1.07 bits per heavy atom. The Morgan fingerprint density at radius 3 is 2.45 bits per heavy atom. The summed E-state index contributed by atoms with van der Waals surface area (Å²) < 4.78 is 5.39. The summed E-state index contributed by atoms with van der Waals surface area (Å²) in [5.74, 6) is -1.07. The van der Waals surface area contributed by atoms with Crippen LogP contribution in [0, 0.1) is 6.92 Å². The molecule has 146 valence electrons. The van der Waals surface area contributed by atoms with Crippen LogP contribution in [0.25, 0.3) is 5.76 Å². The van der Waals surface area contributed by atoms with Crippen LogP contribution in [0.2, 0.25) is 5.02 Å². The summed E-state index contributed by atoms with van der Waals surface area (Å²) in [5, 5.41) is 11.5. The van der Waals surface area contributed by atoms with Crippen molar-refractivity contribution in [2.45, 2.75) is 19.5 Å². The second-order valence-electron chi connectivity index (χ2n) is 6.87. The van der Waals surface area contributed by atoms with E-state index in [9.17, 15) is 14.7 Å². The maximum atomic E-state index is 13.0. The number of benzene rings is 2. The van der Waals surface area contributed by atoms with Crippen molar-refractivity contribution in [1.82, 2.24) is 4.90 Å². The number of halogens is 1. The van der Waals surface area contributed by atoms with Crippen LogP contribution in [-0.2, 0) is 16.1 Å². The number of aliphatic hydroxyl groups is 1. The zero-order valence-corrected chi connectivity index (χ0v) is 16.4. The first-order chi connectivity index (χ1) is 14.0. The van der Waals surface area contributed by atoms with E-state index in [-0.39, 0.29) is 17.9 Å². The van der Waals surface area contributed by atoms with Gasteiger partial charge in [0.2, 0.25) is 0 Å². The molecule has 1 atom stereocenters. The molecule has 0 spiro atoms. The number of likely N-dealkylation sites (tertiary alicyclic amines) is 1. The fourth-order valence-corrected chi connectivity index (χ4v) is 3.72. The van der Waals surface area contributed by atoms with Crippen LogP contribution in [0.15, 0.2) is 76.9 Å². The Balaban J connectivity index is 1.89. The molecule has 3 aromatic rings. The average molecular weight is 408 g/mol. The molecule has 1 aliphatic heterocycles. The minimum absolute atomic E-state index is 0.0539. The normalized spacial score (nSPS) is 18.4. The van der Waals surface area contributed by atoms with Gasteiger partial charge in [-0.3, -0.25) is 9.59 Å². The van der Waals surface area contributed by atoms with Crippen molar-refractivity contribution in [1.29, 1.82) is 0 Å². The second kappa shape index (κ2) is 7.60. The van der Waals surface area contributed by atoms with E-state index in [1.54, 1.807) is 36.4 Å². The van der Waals surface area contributed by atoms with Gasteiger partial charge in [-0.15, -0.1) is 0 Å². The SMILES string of the molecule is Cc1ccccc1C1/C(=C(/O)c2ccc(Cl)cc2)C(=O)C(=O)N1Cc1ccco1. The molecule has 6 heteroatoms. The number of ketones is 1. The van der Waals surface area contributed by atoms with Gasteiger partial charge < -0.3 is 14.4 Å². The van der Waals surface area contributed by atoms with Crippen LogP contribution in [0.1, 0.15) is 28.5 Å². The summed E-state index contributed by atoms with van der Waals surface area (Å²) in [6.45, 7) is 2.03. The van der Waals surface area contributed by atoms with Gasteiger partial charge in [0.25, 0.3) is 11.7 Å². The monoisotopic (exact) mass is 407 g/mol. The van der Waals surface area contributed by atoms with Crippen LogP contribution in [0.4, 0.5) is 0 Å². The molecule has 1 saturated heterocycles. The largest absolute Gasteiger partial charge is 0.507 e. The van der Waals surface area contributed by atoms with Crippen molar-refractivity contribution in [3.8, 4) is 0 Å². The first-order valence-electron chi connectivity index (χ1n) is 9.09.